The number of carbonyl (C=O) groups is 1. The molecule has 2 aromatic heterocycles. The monoisotopic (exact) mass is 479 g/mol. The van der Waals surface area contributed by atoms with Gasteiger partial charge >= 0.3 is 0 Å². The highest BCUT2D eigenvalue weighted by Crippen LogP contribution is 2.55. The van der Waals surface area contributed by atoms with E-state index in [9.17, 15) is 9.59 Å². The van der Waals surface area contributed by atoms with E-state index in [4.69, 9.17) is 0 Å². The van der Waals surface area contributed by atoms with E-state index in [-0.39, 0.29) is 22.3 Å². The predicted octanol–water partition coefficient (Wildman–Crippen LogP) is 4.41. The second kappa shape index (κ2) is 8.40. The molecule has 0 saturated heterocycles. The first kappa shape index (κ1) is 22.1. The van der Waals surface area contributed by atoms with Gasteiger partial charge in [0, 0.05) is 12.1 Å². The molecule has 1 N–H and O–H groups in total. The fourth-order valence-electron chi connectivity index (χ4n) is 7.17. The van der Waals surface area contributed by atoms with E-state index in [0.29, 0.717) is 22.9 Å². The number of fused-ring (bicyclic) bond motifs is 3. The maximum absolute atomic E-state index is 13.4. The lowest BCUT2D eigenvalue weighted by Crippen LogP contribution is -2.60. The molecular weight excluding hydrogens is 446 g/mol. The molecule has 7 nitrogen and oxygen atoms in total. The summed E-state index contributed by atoms with van der Waals surface area (Å²) in [5.41, 5.74) is 0.755. The molecule has 4 aliphatic rings. The fourth-order valence-corrected chi connectivity index (χ4v) is 8.02. The van der Waals surface area contributed by atoms with Crippen LogP contribution in [0, 0.1) is 17.8 Å². The van der Waals surface area contributed by atoms with Crippen molar-refractivity contribution in [3.05, 3.63) is 34.6 Å². The average Bonchev–Trinajstić information content (AvgIpc) is 3.21. The van der Waals surface area contributed by atoms with E-state index in [2.05, 4.69) is 22.4 Å². The Kier molecular flexibility index (Phi) is 5.47. The summed E-state index contributed by atoms with van der Waals surface area (Å²) in [6, 6.07) is 7.60. The quantitative estimate of drug-likeness (QED) is 0.508. The van der Waals surface area contributed by atoms with Crippen molar-refractivity contribution in [1.29, 1.82) is 0 Å². The normalized spacial score (nSPS) is 28.6. The average molecular weight is 480 g/mol. The summed E-state index contributed by atoms with van der Waals surface area (Å²) >= 11 is 1.43. The van der Waals surface area contributed by atoms with Crippen molar-refractivity contribution in [2.75, 3.05) is 0 Å². The van der Waals surface area contributed by atoms with E-state index in [1.165, 1.54) is 31.0 Å². The Bertz CT molecular complexity index is 1280. The summed E-state index contributed by atoms with van der Waals surface area (Å²) < 4.78 is 3.68. The number of nitrogens with one attached hydrogen (secondary N) is 1. The number of aryl methyl sites for hydroxylation is 1. The minimum atomic E-state index is -0.296. The maximum Gasteiger partial charge on any atom is 0.262 e. The number of hydrogen-bond acceptors (Lipinski definition) is 5. The molecule has 1 aromatic carbocycles. The first-order valence-electron chi connectivity index (χ1n) is 12.8. The zero-order valence-electron chi connectivity index (χ0n) is 20.0. The molecule has 1 atom stereocenters. The molecule has 0 radical (unpaired) electrons. The molecule has 4 aliphatic carbocycles. The molecule has 180 valence electrons. The molecule has 7 rings (SSSR count). The Labute approximate surface area is 203 Å². The minimum absolute atomic E-state index is 0.000887. The fraction of sp³-hybridized carbons (Fsp3) is 0.615. The van der Waals surface area contributed by atoms with Gasteiger partial charge in [0.05, 0.1) is 16.2 Å². The Hall–Kier alpha value is -2.35. The van der Waals surface area contributed by atoms with Crippen LogP contribution in [0.2, 0.25) is 0 Å². The molecule has 0 aliphatic heterocycles. The second-order valence-electron chi connectivity index (χ2n) is 10.9. The number of hydrogen-bond donors (Lipinski definition) is 1. The van der Waals surface area contributed by atoms with E-state index in [1.54, 1.807) is 4.57 Å². The number of carbonyl (C=O) groups excluding carboxylic acids is 1. The van der Waals surface area contributed by atoms with Crippen molar-refractivity contribution in [1.82, 2.24) is 24.5 Å². The smallest absolute Gasteiger partial charge is 0.262 e. The zero-order valence-corrected chi connectivity index (χ0v) is 20.8. The Morgan fingerprint density at radius 1 is 1.15 bits per heavy atom. The summed E-state index contributed by atoms with van der Waals surface area (Å²) in [4.78, 5) is 26.5. The number of nitrogens with zero attached hydrogens (tertiary/aromatic N) is 4. The SMILES string of the molecule is CCCCn1c(=O)c2ccccc2n2c(SC(C)C(=O)NC34CC5CC(CC(C5)C3)C4)nnc12. The summed E-state index contributed by atoms with van der Waals surface area (Å²) in [5, 5.41) is 13.3. The van der Waals surface area contributed by atoms with Gasteiger partial charge in [-0.15, -0.1) is 10.2 Å². The topological polar surface area (TPSA) is 81.3 Å². The standard InChI is InChI=1S/C26H33N5O2S/c1-3-4-9-30-23(33)20-7-5-6-8-21(20)31-24(30)28-29-25(31)34-16(2)22(32)27-26-13-17-10-18(14-26)12-19(11-17)15-26/h5-8,16-19H,3-4,9-15H2,1-2H3,(H,27,32). The van der Waals surface area contributed by atoms with E-state index in [1.807, 2.05) is 35.6 Å². The highest BCUT2D eigenvalue weighted by molar-refractivity contribution is 8.00. The number of benzene rings is 1. The Morgan fingerprint density at radius 2 is 1.82 bits per heavy atom. The van der Waals surface area contributed by atoms with Crippen molar-refractivity contribution in [3.8, 4) is 0 Å². The van der Waals surface area contributed by atoms with Crippen molar-refractivity contribution in [3.63, 3.8) is 0 Å². The van der Waals surface area contributed by atoms with Crippen molar-refractivity contribution in [2.24, 2.45) is 17.8 Å². The number of rotatable bonds is 7. The Balaban J connectivity index is 1.29. The molecule has 4 fully saturated rings. The van der Waals surface area contributed by atoms with Gasteiger partial charge in [0.2, 0.25) is 11.7 Å². The van der Waals surface area contributed by atoms with Crippen LogP contribution < -0.4 is 10.9 Å². The van der Waals surface area contributed by atoms with Gasteiger partial charge in [-0.1, -0.05) is 37.2 Å². The van der Waals surface area contributed by atoms with Crippen LogP contribution >= 0.6 is 11.8 Å². The first-order chi connectivity index (χ1) is 16.5. The largest absolute Gasteiger partial charge is 0.350 e. The molecule has 4 bridgehead atoms. The third kappa shape index (κ3) is 3.65. The molecule has 4 saturated carbocycles. The van der Waals surface area contributed by atoms with Crippen LogP contribution in [-0.4, -0.2) is 35.9 Å². The van der Waals surface area contributed by atoms with E-state index < -0.39 is 0 Å². The van der Waals surface area contributed by atoms with Gasteiger partial charge in [0.1, 0.15) is 0 Å². The Morgan fingerprint density at radius 3 is 2.50 bits per heavy atom. The molecule has 34 heavy (non-hydrogen) atoms. The van der Waals surface area contributed by atoms with Gasteiger partial charge in [-0.3, -0.25) is 18.6 Å². The third-order valence-corrected chi connectivity index (χ3v) is 9.33. The van der Waals surface area contributed by atoms with Crippen LogP contribution in [0.5, 0.6) is 0 Å². The minimum Gasteiger partial charge on any atom is -0.350 e. The van der Waals surface area contributed by atoms with Gasteiger partial charge < -0.3 is 5.32 Å². The summed E-state index contributed by atoms with van der Waals surface area (Å²) in [6.07, 6.45) is 9.39. The van der Waals surface area contributed by atoms with Crippen LogP contribution in [0.1, 0.15) is 65.2 Å². The number of amides is 1. The molecule has 8 heteroatoms. The molecule has 3 aromatic rings. The van der Waals surface area contributed by atoms with Crippen LogP contribution in [0.25, 0.3) is 16.7 Å². The third-order valence-electron chi connectivity index (χ3n) is 8.29. The molecular formula is C26H33N5O2S. The highest BCUT2D eigenvalue weighted by atomic mass is 32.2. The van der Waals surface area contributed by atoms with Crippen LogP contribution in [0.4, 0.5) is 0 Å². The van der Waals surface area contributed by atoms with Crippen LogP contribution in [0.3, 0.4) is 0 Å². The zero-order chi connectivity index (χ0) is 23.4. The highest BCUT2D eigenvalue weighted by Gasteiger charge is 2.51. The number of unbranched alkanes of at least 4 members (excludes halogenated alkanes) is 1. The van der Waals surface area contributed by atoms with Gasteiger partial charge in [-0.25, -0.2) is 0 Å². The number of aromatic nitrogens is 4. The van der Waals surface area contributed by atoms with Gasteiger partial charge in [0.15, 0.2) is 5.16 Å². The number of thioether (sulfide) groups is 1. The van der Waals surface area contributed by atoms with E-state index >= 15 is 0 Å². The second-order valence-corrected chi connectivity index (χ2v) is 12.2. The van der Waals surface area contributed by atoms with Crippen molar-refractivity contribution < 1.29 is 4.79 Å². The van der Waals surface area contributed by atoms with Gasteiger partial charge in [-0.2, -0.15) is 0 Å². The lowest BCUT2D eigenvalue weighted by molar-refractivity contribution is -0.126. The number of para-hydroxylation sites is 1. The van der Waals surface area contributed by atoms with Crippen LogP contribution in [-0.2, 0) is 11.3 Å². The summed E-state index contributed by atoms with van der Waals surface area (Å²) in [7, 11) is 0. The lowest BCUT2D eigenvalue weighted by Gasteiger charge is -2.57. The molecule has 0 spiro atoms. The predicted molar refractivity (Wildman–Crippen MR) is 134 cm³/mol. The van der Waals surface area contributed by atoms with Gasteiger partial charge in [-0.05, 0) is 81.8 Å². The van der Waals surface area contributed by atoms with Crippen LogP contribution in [0.15, 0.2) is 34.2 Å². The molecule has 1 unspecified atom stereocenters. The van der Waals surface area contributed by atoms with Crippen molar-refractivity contribution >= 4 is 34.3 Å². The lowest BCUT2D eigenvalue weighted by atomic mass is 9.53. The summed E-state index contributed by atoms with van der Waals surface area (Å²) in [5.74, 6) is 3.02. The van der Waals surface area contributed by atoms with Crippen molar-refractivity contribution in [2.45, 2.75) is 87.7 Å². The molecule has 2 heterocycles. The van der Waals surface area contributed by atoms with Gasteiger partial charge in [0.25, 0.3) is 5.56 Å². The first-order valence-corrected chi connectivity index (χ1v) is 13.7. The van der Waals surface area contributed by atoms with E-state index in [0.717, 1.165) is 55.4 Å². The maximum atomic E-state index is 13.4. The summed E-state index contributed by atoms with van der Waals surface area (Å²) in [6.45, 7) is 4.67. The molecule has 1 amide bonds.